The van der Waals surface area contributed by atoms with Gasteiger partial charge in [-0.15, -0.1) is 0 Å². The molecule has 0 aromatic heterocycles. The number of methoxy groups -OCH3 is 4. The van der Waals surface area contributed by atoms with Gasteiger partial charge in [0.1, 0.15) is 71.9 Å². The lowest BCUT2D eigenvalue weighted by molar-refractivity contribution is -0.311. The highest BCUT2D eigenvalue weighted by atomic mass is 16.8. The summed E-state index contributed by atoms with van der Waals surface area (Å²) >= 11 is 0. The van der Waals surface area contributed by atoms with E-state index in [1.807, 2.05) is 78.0 Å². The van der Waals surface area contributed by atoms with E-state index in [0.29, 0.717) is 73.7 Å². The van der Waals surface area contributed by atoms with Crippen LogP contribution in [0.1, 0.15) is 195 Å². The number of carbonyl (C=O) groups is 4. The van der Waals surface area contributed by atoms with E-state index in [0.717, 1.165) is 17.6 Å². The quantitative estimate of drug-likeness (QED) is 0.0582. The molecule has 12 heterocycles. The van der Waals surface area contributed by atoms with Crippen LogP contribution in [0.4, 0.5) is 0 Å². The maximum Gasteiger partial charge on any atom is 0.316 e. The fraction of sp³-hybridized carbons (Fsp3) is 0.758. The third kappa shape index (κ3) is 22.2. The van der Waals surface area contributed by atoms with Gasteiger partial charge in [0.2, 0.25) is 11.8 Å². The van der Waals surface area contributed by atoms with Gasteiger partial charge in [0, 0.05) is 117 Å². The van der Waals surface area contributed by atoms with Crippen molar-refractivity contribution in [2.45, 2.75) is 390 Å². The van der Waals surface area contributed by atoms with E-state index >= 15 is 0 Å². The average molecular weight is 1810 g/mol. The first kappa shape index (κ1) is 101. The van der Waals surface area contributed by atoms with Crippen molar-refractivity contribution in [3.05, 3.63) is 119 Å². The predicted molar refractivity (Wildman–Crippen MR) is 473 cm³/mol. The van der Waals surface area contributed by atoms with E-state index in [1.165, 1.54) is 13.8 Å². The van der Waals surface area contributed by atoms with E-state index in [-0.39, 0.29) is 122 Å². The molecule has 12 aliphatic heterocycles. The predicted octanol–water partition coefficient (Wildman–Crippen LogP) is 10.7. The van der Waals surface area contributed by atoms with Crippen LogP contribution in [0.15, 0.2) is 119 Å². The van der Waals surface area contributed by atoms with Gasteiger partial charge >= 0.3 is 11.9 Å². The number of aliphatic hydroxyl groups is 4. The lowest BCUT2D eigenvalue weighted by Gasteiger charge is -2.48. The summed E-state index contributed by atoms with van der Waals surface area (Å²) in [4.78, 5) is 52.5. The van der Waals surface area contributed by atoms with Crippen molar-refractivity contribution in [2.24, 2.45) is 47.3 Å². The second kappa shape index (κ2) is 42.8. The smallest absolute Gasteiger partial charge is 0.316 e. The first-order chi connectivity index (χ1) is 61.2. The summed E-state index contributed by atoms with van der Waals surface area (Å²) in [6.07, 6.45) is 17.9. The summed E-state index contributed by atoms with van der Waals surface area (Å²) in [5, 5.41) is 53.4. The highest BCUT2D eigenvalue weighted by Crippen LogP contribution is 2.51. The van der Waals surface area contributed by atoms with Gasteiger partial charge in [-0.2, -0.15) is 0 Å². The molecule has 0 radical (unpaired) electrons. The number of fused-ring (bicyclic) bond motifs is 4. The number of ether oxygens (including phenoxy) is 20. The summed E-state index contributed by atoms with van der Waals surface area (Å²) in [5.41, 5.74) is 0.228. The fourth-order valence-electron chi connectivity index (χ4n) is 21.9. The summed E-state index contributed by atoms with van der Waals surface area (Å²) in [6, 6.07) is -0.629. The van der Waals surface area contributed by atoms with Gasteiger partial charge in [0.05, 0.1) is 111 Å². The van der Waals surface area contributed by atoms with Crippen molar-refractivity contribution < 1.29 is 134 Å². The highest BCUT2D eigenvalue weighted by molar-refractivity contribution is 5.80. The average Bonchev–Trinajstić information content (AvgIpc) is 1.60. The molecule has 6 N–H and O–H groups in total. The van der Waals surface area contributed by atoms with Crippen LogP contribution in [0.3, 0.4) is 0 Å². The Hall–Kier alpha value is -5.60. The molecule has 0 unspecified atom stereocenters. The largest absolute Gasteiger partial charge is 0.462 e. The van der Waals surface area contributed by atoms with Gasteiger partial charge in [-0.1, -0.05) is 135 Å². The summed E-state index contributed by atoms with van der Waals surface area (Å²) in [7, 11) is 6.54. The van der Waals surface area contributed by atoms with Crippen LogP contribution in [0.5, 0.6) is 0 Å². The van der Waals surface area contributed by atoms with Gasteiger partial charge in [-0.05, 0) is 126 Å². The molecule has 722 valence electrons. The van der Waals surface area contributed by atoms with Crippen LogP contribution in [-0.2, 0) is 114 Å². The lowest BCUT2D eigenvalue weighted by atomic mass is 9.71. The molecule has 39 atom stereocenters. The van der Waals surface area contributed by atoms with Crippen molar-refractivity contribution in [2.75, 3.05) is 41.7 Å². The molecular formula is C99H148N2O28. The zero-order chi connectivity index (χ0) is 93.2. The topological polar surface area (TPSA) is 358 Å². The molecule has 30 nitrogen and oxygen atoms in total. The lowest BCUT2D eigenvalue weighted by Crippen LogP contribution is -2.58. The molecule has 129 heavy (non-hydrogen) atoms. The molecule has 4 bridgehead atoms. The van der Waals surface area contributed by atoms with Crippen LogP contribution in [0, 0.1) is 47.3 Å². The van der Waals surface area contributed by atoms with Gasteiger partial charge in [-0.25, -0.2) is 0 Å². The number of esters is 2. The summed E-state index contributed by atoms with van der Waals surface area (Å²) < 4.78 is 129. The Bertz CT molecular complexity index is 4190. The van der Waals surface area contributed by atoms with Crippen LogP contribution >= 0.6 is 0 Å². The molecule has 0 aromatic rings. The Kier molecular flexibility index (Phi) is 33.4. The minimum Gasteiger partial charge on any atom is -0.462 e. The Labute approximate surface area is 762 Å². The molecule has 30 heteroatoms. The number of rotatable bonds is 17. The Morgan fingerprint density at radius 3 is 1.23 bits per heavy atom. The Morgan fingerprint density at radius 2 is 0.853 bits per heavy atom. The molecule has 14 aliphatic rings. The van der Waals surface area contributed by atoms with Crippen molar-refractivity contribution in [1.82, 2.24) is 10.6 Å². The third-order valence-corrected chi connectivity index (χ3v) is 29.3. The van der Waals surface area contributed by atoms with Crippen molar-refractivity contribution in [3.8, 4) is 0 Å². The second-order valence-electron chi connectivity index (χ2n) is 39.2. The molecule has 2 aliphatic carbocycles. The zero-order valence-corrected chi connectivity index (χ0v) is 79.6. The zero-order valence-electron chi connectivity index (χ0n) is 79.6. The van der Waals surface area contributed by atoms with E-state index in [2.05, 4.69) is 90.3 Å². The maximum atomic E-state index is 14.4. The van der Waals surface area contributed by atoms with Crippen molar-refractivity contribution >= 4 is 23.8 Å². The Balaban J connectivity index is 0.000000220. The number of hydrogen-bond donors (Lipinski definition) is 6. The van der Waals surface area contributed by atoms with Crippen LogP contribution in [0.2, 0.25) is 0 Å². The number of nitrogens with one attached hydrogen (secondary N) is 2. The van der Waals surface area contributed by atoms with Gasteiger partial charge in [0.25, 0.3) is 0 Å². The van der Waals surface area contributed by atoms with Crippen molar-refractivity contribution in [3.63, 3.8) is 0 Å². The Morgan fingerprint density at radius 1 is 0.481 bits per heavy atom. The van der Waals surface area contributed by atoms with Crippen LogP contribution < -0.4 is 10.6 Å². The molecule has 8 fully saturated rings. The molecule has 0 aromatic carbocycles. The first-order valence-electron chi connectivity index (χ1n) is 47.2. The molecule has 14 rings (SSSR count). The number of carbonyl (C=O) groups excluding carboxylic acids is 4. The molecule has 8 saturated heterocycles. The van der Waals surface area contributed by atoms with E-state index < -0.39 is 169 Å². The molecule has 0 saturated carbocycles. The third-order valence-electron chi connectivity index (χ3n) is 29.3. The number of allylic oxidation sites excluding steroid dienone is 4. The fourth-order valence-corrected chi connectivity index (χ4v) is 21.9. The second-order valence-corrected chi connectivity index (χ2v) is 39.2. The normalized spacial score (nSPS) is 46.6. The molecule has 2 spiro atoms. The number of hydrogen-bond acceptors (Lipinski definition) is 28. The van der Waals surface area contributed by atoms with Gasteiger partial charge in [-0.3, -0.25) is 19.2 Å². The van der Waals surface area contributed by atoms with E-state index in [9.17, 15) is 39.6 Å². The van der Waals surface area contributed by atoms with E-state index in [1.54, 1.807) is 66.6 Å². The van der Waals surface area contributed by atoms with Crippen LogP contribution in [0.25, 0.3) is 0 Å². The monoisotopic (exact) mass is 1810 g/mol. The standard InChI is InChI=1S/C50H75NO14.C49H73NO14/c1-12-26(2)45-29(5)18-19-49(65-45)24-36-21-35(64-49)17-16-28(4)44(27(3)14-13-15-34-25-58-47-43(53)30(6)20-37(48(54)61-36)50(34,47)55)62-41-23-39(57-11)46(32(8)60-41)63-40-22-38(56-10)42(31(7)59-40)51-33(9)52;1-25(2)43-28(5)17-18-48(64-43)23-35-20-34(63-48)16-15-27(4)44(26(3)13-12-14-33-24-57-46-42(52)29(6)19-36(47(53)60-35)49(33,46)54)61-40-22-38(56-11)45(31(8)59-40)62-39-21-37(55-10)41(30(7)58-39)50-32(9)51/h13-16,18-20,26-27,29,31-32,35-47,53,55H,12,17,21-25H2,1-11H3,(H,51,52);12-15,17-19,25-26,28,30-31,34-46,52,54H,16,20-24H2,1-11H3,(H,50,51)/b14-13+,28-16+,34-15?;13-12+,27-15+,33-14?/t26-,27-,29-,31-,32-,35+,36-,37-,38-,39-,40-,41-,42-,43+,44-,45+,46-,47+,49+,50+;26-,28-,30-,31-,34+,35-,36-,37-,38-,39-,40-,41-,42+,43+,44-,45-,46+,48+,49+/m00/s1. The highest BCUT2D eigenvalue weighted by Gasteiger charge is 2.63. The summed E-state index contributed by atoms with van der Waals surface area (Å²) in [6.45, 7) is 35.2. The minimum atomic E-state index is -1.84. The van der Waals surface area contributed by atoms with E-state index in [4.69, 9.17) is 94.7 Å². The molecular weight excluding hydrogens is 1670 g/mol. The molecule has 2 amide bonds. The first-order valence-corrected chi connectivity index (χ1v) is 47.2. The minimum absolute atomic E-state index is 0.0266. The van der Waals surface area contributed by atoms with Gasteiger partial charge in [0.15, 0.2) is 36.7 Å². The van der Waals surface area contributed by atoms with Crippen LogP contribution in [-0.4, -0.2) is 280 Å². The maximum absolute atomic E-state index is 14.4. The SMILES string of the molecule is CC[C@H](C)[C@H]1O[C@]2(C=C[C@@H]1C)C[C@@H]1C[C@@H](C/C=C(\C)[C@@H](O[C@H]3C[C@H](OC)[C@@H](O[C@H]4C[C@H](OC)[C@@H](NC(C)=O)[C@H](C)O4)[C@H](C)O3)[C@@H](C)/C=C/C=C3CO[C@@H]4[C@H](O)C(C)=C[C@@H](C(=O)O1)[C@]34O)O2.CO[C@H]1C[C@H](O[C@H]2[C@H](C)O[C@@H](O[C@@H]3/C(C)=C/C[C@@H]4C[C@@H](C[C@]5(C=C[C@H](C)[C@@H](C(C)C)O5)O4)OC(=O)[C@@H]4C=C(C)[C@@H](O)[C@H]5OCC(=C/C=C/[C@@H]3C)[C@]54O)C[C@@H]2OC)O[C@@H](C)[C@@H]1NC(C)=O. The number of aliphatic hydroxyl groups excluding tert-OH is 2. The van der Waals surface area contributed by atoms with Crippen molar-refractivity contribution in [1.29, 1.82) is 0 Å². The number of amides is 2. The summed E-state index contributed by atoms with van der Waals surface area (Å²) in [5.74, 6) is -5.56. The van der Waals surface area contributed by atoms with Gasteiger partial charge < -0.3 is 126 Å².